The van der Waals surface area contributed by atoms with Gasteiger partial charge in [0.1, 0.15) is 4.83 Å². The van der Waals surface area contributed by atoms with Gasteiger partial charge in [0.2, 0.25) is 0 Å². The van der Waals surface area contributed by atoms with E-state index in [1.165, 1.54) is 20.5 Å². The molecular weight excluding hydrogens is 431 g/mol. The fourth-order valence-corrected chi connectivity index (χ4v) is 3.86. The van der Waals surface area contributed by atoms with Crippen LogP contribution in [0.25, 0.3) is 10.2 Å². The maximum atomic E-state index is 12.7. The molecule has 0 unspecified atom stereocenters. The van der Waals surface area contributed by atoms with Crippen molar-refractivity contribution in [1.82, 2.24) is 9.13 Å². The van der Waals surface area contributed by atoms with Crippen LogP contribution in [0.1, 0.15) is 16.9 Å². The minimum Gasteiger partial charge on any atom is -0.391 e. The molecule has 23 heavy (non-hydrogen) atoms. The molecule has 2 heterocycles. The Balaban J connectivity index is 2.72. The van der Waals surface area contributed by atoms with Gasteiger partial charge in [-0.25, -0.2) is 4.79 Å². The number of ether oxygens (including phenoxy) is 1. The fourth-order valence-electron chi connectivity index (χ4n) is 2.37. The highest BCUT2D eigenvalue weighted by molar-refractivity contribution is 14.1. The van der Waals surface area contributed by atoms with Crippen molar-refractivity contribution in [1.29, 1.82) is 0 Å². The highest BCUT2D eigenvalue weighted by Crippen LogP contribution is 2.27. The van der Waals surface area contributed by atoms with Crippen LogP contribution in [0.3, 0.4) is 0 Å². The molecule has 2 rings (SSSR count). The largest absolute Gasteiger partial charge is 0.391 e. The molecule has 0 aliphatic carbocycles. The topological polar surface area (TPSA) is 73.5 Å². The lowest BCUT2D eigenvalue weighted by Crippen LogP contribution is -2.40. The minimum atomic E-state index is -0.388. The number of fused-ring (bicyclic) bond motifs is 1. The standard InChI is InChI=1S/C15H17IN2O4S/c1-3-4-5-17-13(20)12-10(2)11(8-19)23-14(12)18(15(17)21)6-7-22-9-16/h1,19H,4-9H2,2H3. The normalized spacial score (nSPS) is 11.0. The van der Waals surface area contributed by atoms with Crippen molar-refractivity contribution in [3.05, 3.63) is 31.3 Å². The molecule has 124 valence electrons. The Bertz CT molecular complexity index is 859. The first-order chi connectivity index (χ1) is 11.1. The van der Waals surface area contributed by atoms with E-state index in [9.17, 15) is 14.7 Å². The monoisotopic (exact) mass is 448 g/mol. The lowest BCUT2D eigenvalue weighted by molar-refractivity contribution is 0.179. The van der Waals surface area contributed by atoms with Gasteiger partial charge in [-0.15, -0.1) is 23.7 Å². The van der Waals surface area contributed by atoms with Crippen LogP contribution in [-0.2, 0) is 24.4 Å². The van der Waals surface area contributed by atoms with Gasteiger partial charge in [-0.1, -0.05) is 22.6 Å². The number of hydrogen-bond acceptors (Lipinski definition) is 5. The predicted octanol–water partition coefficient (Wildman–Crippen LogP) is 1.46. The number of aryl methyl sites for hydroxylation is 1. The summed E-state index contributed by atoms with van der Waals surface area (Å²) in [5, 5.41) is 9.93. The Morgan fingerprint density at radius 2 is 2.09 bits per heavy atom. The number of aliphatic hydroxyl groups excluding tert-OH is 1. The summed E-state index contributed by atoms with van der Waals surface area (Å²) < 4.78 is 8.56. The van der Waals surface area contributed by atoms with E-state index in [1.807, 2.05) is 0 Å². The molecule has 2 aromatic rings. The Morgan fingerprint density at radius 1 is 1.35 bits per heavy atom. The number of hydrogen-bond donors (Lipinski definition) is 1. The van der Waals surface area contributed by atoms with Crippen LogP contribution in [0.2, 0.25) is 0 Å². The first kappa shape index (κ1) is 18.2. The van der Waals surface area contributed by atoms with E-state index in [4.69, 9.17) is 11.2 Å². The van der Waals surface area contributed by atoms with E-state index in [0.29, 0.717) is 39.3 Å². The van der Waals surface area contributed by atoms with Gasteiger partial charge >= 0.3 is 5.69 Å². The molecule has 0 aliphatic heterocycles. The average Bonchev–Trinajstić information content (AvgIpc) is 2.87. The molecule has 0 aliphatic rings. The van der Waals surface area contributed by atoms with Crippen molar-refractivity contribution in [2.75, 3.05) is 11.2 Å². The summed E-state index contributed by atoms with van der Waals surface area (Å²) in [5.74, 6) is 2.45. The van der Waals surface area contributed by atoms with Gasteiger partial charge in [0.25, 0.3) is 5.56 Å². The Labute approximate surface area is 150 Å². The smallest absolute Gasteiger partial charge is 0.332 e. The average molecular weight is 448 g/mol. The molecule has 0 radical (unpaired) electrons. The van der Waals surface area contributed by atoms with Gasteiger partial charge in [-0.3, -0.25) is 13.9 Å². The first-order valence-corrected chi connectivity index (χ1v) is 9.34. The summed E-state index contributed by atoms with van der Waals surface area (Å²) in [6.07, 6.45) is 5.56. The minimum absolute atomic E-state index is 0.159. The van der Waals surface area contributed by atoms with Gasteiger partial charge in [-0.2, -0.15) is 0 Å². The Kier molecular flexibility index (Phi) is 6.41. The van der Waals surface area contributed by atoms with E-state index >= 15 is 0 Å². The fraction of sp³-hybridized carbons (Fsp3) is 0.467. The van der Waals surface area contributed by atoms with E-state index in [2.05, 4.69) is 28.5 Å². The SMILES string of the molecule is C#CCCn1c(=O)c2c(C)c(CO)sc2n(CCOCI)c1=O. The maximum Gasteiger partial charge on any atom is 0.332 e. The third-order valence-electron chi connectivity index (χ3n) is 3.55. The number of terminal acetylenes is 1. The van der Waals surface area contributed by atoms with Gasteiger partial charge in [-0.05, 0) is 12.5 Å². The van der Waals surface area contributed by atoms with Crippen molar-refractivity contribution in [2.45, 2.75) is 33.0 Å². The van der Waals surface area contributed by atoms with E-state index in [1.54, 1.807) is 6.92 Å². The summed E-state index contributed by atoms with van der Waals surface area (Å²) in [6, 6.07) is 0. The van der Waals surface area contributed by atoms with Crippen LogP contribution >= 0.6 is 33.9 Å². The molecule has 2 aromatic heterocycles. The Hall–Kier alpha value is -1.15. The number of thiophene rings is 1. The highest BCUT2D eigenvalue weighted by atomic mass is 127. The number of aliphatic hydroxyl groups is 1. The maximum absolute atomic E-state index is 12.7. The zero-order valence-corrected chi connectivity index (χ0v) is 15.6. The summed E-state index contributed by atoms with van der Waals surface area (Å²) in [7, 11) is 0. The first-order valence-electron chi connectivity index (χ1n) is 7.00. The van der Waals surface area contributed by atoms with Crippen molar-refractivity contribution >= 4 is 44.1 Å². The molecule has 0 atom stereocenters. The molecule has 1 N–H and O–H groups in total. The van der Waals surface area contributed by atoms with Crippen LogP contribution < -0.4 is 11.2 Å². The zero-order chi connectivity index (χ0) is 17.0. The number of alkyl halides is 1. The quantitative estimate of drug-likeness (QED) is 0.301. The molecule has 0 fully saturated rings. The van der Waals surface area contributed by atoms with E-state index < -0.39 is 0 Å². The summed E-state index contributed by atoms with van der Waals surface area (Å²) in [5.41, 5.74) is -0.0178. The molecule has 0 amide bonds. The molecule has 0 spiro atoms. The summed E-state index contributed by atoms with van der Waals surface area (Å²) >= 11 is 3.36. The van der Waals surface area contributed by atoms with Crippen molar-refractivity contribution in [3.8, 4) is 12.3 Å². The van der Waals surface area contributed by atoms with Crippen molar-refractivity contribution in [3.63, 3.8) is 0 Å². The number of aromatic nitrogens is 2. The molecule has 0 saturated carbocycles. The van der Waals surface area contributed by atoms with Crippen LogP contribution in [-0.4, -0.2) is 25.5 Å². The van der Waals surface area contributed by atoms with Gasteiger partial charge < -0.3 is 9.84 Å². The van der Waals surface area contributed by atoms with Crippen LogP contribution in [0.4, 0.5) is 0 Å². The predicted molar refractivity (Wildman–Crippen MR) is 99.3 cm³/mol. The van der Waals surface area contributed by atoms with Crippen LogP contribution in [0.5, 0.6) is 0 Å². The van der Waals surface area contributed by atoms with Gasteiger partial charge in [0.15, 0.2) is 0 Å². The number of rotatable bonds is 7. The highest BCUT2D eigenvalue weighted by Gasteiger charge is 2.19. The van der Waals surface area contributed by atoms with Gasteiger partial charge in [0, 0.05) is 17.8 Å². The third-order valence-corrected chi connectivity index (χ3v) is 5.29. The second kappa shape index (κ2) is 8.10. The van der Waals surface area contributed by atoms with Crippen molar-refractivity contribution < 1.29 is 9.84 Å². The van der Waals surface area contributed by atoms with E-state index in [-0.39, 0.29) is 24.4 Å². The lowest BCUT2D eigenvalue weighted by atomic mass is 10.2. The number of halogens is 1. The summed E-state index contributed by atoms with van der Waals surface area (Å²) in [6.45, 7) is 2.53. The lowest BCUT2D eigenvalue weighted by Gasteiger charge is -2.11. The second-order valence-corrected chi connectivity index (χ2v) is 6.56. The number of nitrogens with zero attached hydrogens (tertiary/aromatic N) is 2. The summed E-state index contributed by atoms with van der Waals surface area (Å²) in [4.78, 5) is 26.6. The molecular formula is C15H17IN2O4S. The molecule has 8 heteroatoms. The van der Waals surface area contributed by atoms with Crippen LogP contribution in [0.15, 0.2) is 9.59 Å². The molecule has 0 saturated heterocycles. The second-order valence-electron chi connectivity index (χ2n) is 4.85. The zero-order valence-electron chi connectivity index (χ0n) is 12.7. The van der Waals surface area contributed by atoms with Crippen molar-refractivity contribution in [2.24, 2.45) is 0 Å². The molecule has 6 nitrogen and oxygen atoms in total. The third kappa shape index (κ3) is 3.52. The molecule has 0 aromatic carbocycles. The van der Waals surface area contributed by atoms with Crippen LogP contribution in [0, 0.1) is 19.3 Å². The Morgan fingerprint density at radius 3 is 2.70 bits per heavy atom. The van der Waals surface area contributed by atoms with E-state index in [0.717, 1.165) is 5.56 Å². The molecule has 0 bridgehead atoms. The van der Waals surface area contributed by atoms with Gasteiger partial charge in [0.05, 0.1) is 29.8 Å².